The second kappa shape index (κ2) is 4.38. The molecule has 74 valence electrons. The average molecular weight is 194 g/mol. The summed E-state index contributed by atoms with van der Waals surface area (Å²) in [6.45, 7) is -0.0965. The zero-order valence-corrected chi connectivity index (χ0v) is 7.36. The Hall–Kier alpha value is -1.88. The predicted molar refractivity (Wildman–Crippen MR) is 51.1 cm³/mol. The fourth-order valence-electron chi connectivity index (χ4n) is 0.908. The minimum Gasteiger partial charge on any atom is -0.478 e. The van der Waals surface area contributed by atoms with Gasteiger partial charge in [-0.2, -0.15) is 0 Å². The van der Waals surface area contributed by atoms with E-state index in [1.807, 2.05) is 0 Å². The van der Waals surface area contributed by atoms with E-state index in [1.165, 1.54) is 24.3 Å². The highest BCUT2D eigenvalue weighted by molar-refractivity contribution is 5.93. The molecule has 0 atom stereocenters. The largest absolute Gasteiger partial charge is 0.478 e. The Morgan fingerprint density at radius 1 is 1.29 bits per heavy atom. The summed E-state index contributed by atoms with van der Waals surface area (Å²) in [6.07, 6.45) is 0. The van der Waals surface area contributed by atoms with Gasteiger partial charge in [-0.25, -0.2) is 4.79 Å². The van der Waals surface area contributed by atoms with Crippen molar-refractivity contribution in [2.45, 2.75) is 0 Å². The van der Waals surface area contributed by atoms with Crippen LogP contribution in [-0.2, 0) is 4.79 Å². The van der Waals surface area contributed by atoms with Crippen LogP contribution < -0.4 is 11.1 Å². The van der Waals surface area contributed by atoms with Crippen LogP contribution in [0, 0.1) is 0 Å². The third kappa shape index (κ3) is 2.56. The monoisotopic (exact) mass is 194 g/mol. The molecular formula is C9H10N2O3. The Bertz CT molecular complexity index is 346. The number of nitrogens with two attached hydrogens (primary N) is 1. The maximum absolute atomic E-state index is 10.8. The van der Waals surface area contributed by atoms with E-state index in [4.69, 9.17) is 10.8 Å². The molecule has 1 rings (SSSR count). The van der Waals surface area contributed by atoms with Crippen LogP contribution in [0.2, 0.25) is 0 Å². The maximum atomic E-state index is 10.8. The number of carboxylic acid groups (broad SMARTS) is 1. The van der Waals surface area contributed by atoms with Crippen LogP contribution in [0.5, 0.6) is 0 Å². The number of nitrogens with one attached hydrogen (secondary N) is 1. The van der Waals surface area contributed by atoms with Crippen molar-refractivity contribution in [2.24, 2.45) is 5.73 Å². The van der Waals surface area contributed by atoms with Gasteiger partial charge in [0.2, 0.25) is 5.91 Å². The lowest BCUT2D eigenvalue weighted by molar-refractivity contribution is -0.114. The quantitative estimate of drug-likeness (QED) is 0.644. The molecule has 0 saturated carbocycles. The van der Waals surface area contributed by atoms with E-state index in [9.17, 15) is 9.59 Å². The van der Waals surface area contributed by atoms with Gasteiger partial charge in [-0.05, 0) is 24.3 Å². The van der Waals surface area contributed by atoms with Crippen LogP contribution >= 0.6 is 0 Å². The standard InChI is InChI=1S/C9H10N2O3/c10-5-8(12)11-7-3-1-6(2-4-7)9(13)14/h1-4H,5,10H2,(H,11,12)(H,13,14). The molecule has 0 aromatic heterocycles. The summed E-state index contributed by atoms with van der Waals surface area (Å²) in [6, 6.07) is 5.84. The van der Waals surface area contributed by atoms with E-state index in [1.54, 1.807) is 0 Å². The smallest absolute Gasteiger partial charge is 0.335 e. The van der Waals surface area contributed by atoms with Crippen LogP contribution in [0.1, 0.15) is 10.4 Å². The molecule has 0 aliphatic carbocycles. The van der Waals surface area contributed by atoms with Gasteiger partial charge >= 0.3 is 5.97 Å². The van der Waals surface area contributed by atoms with Gasteiger partial charge in [0.25, 0.3) is 0 Å². The van der Waals surface area contributed by atoms with Crippen LogP contribution in [0.15, 0.2) is 24.3 Å². The van der Waals surface area contributed by atoms with Gasteiger partial charge in [-0.3, -0.25) is 4.79 Å². The third-order valence-corrected chi connectivity index (χ3v) is 1.60. The Labute approximate surface area is 80.5 Å². The molecule has 14 heavy (non-hydrogen) atoms. The van der Waals surface area contributed by atoms with Crippen molar-refractivity contribution in [3.8, 4) is 0 Å². The third-order valence-electron chi connectivity index (χ3n) is 1.60. The molecule has 0 heterocycles. The van der Waals surface area contributed by atoms with Crippen molar-refractivity contribution in [1.82, 2.24) is 0 Å². The SMILES string of the molecule is NCC(=O)Nc1ccc(C(=O)O)cc1. The summed E-state index contributed by atoms with van der Waals surface area (Å²) < 4.78 is 0. The van der Waals surface area contributed by atoms with E-state index >= 15 is 0 Å². The van der Waals surface area contributed by atoms with Gasteiger partial charge in [0.05, 0.1) is 12.1 Å². The van der Waals surface area contributed by atoms with Crippen LogP contribution in [0.4, 0.5) is 5.69 Å². The van der Waals surface area contributed by atoms with Crippen molar-refractivity contribution in [1.29, 1.82) is 0 Å². The summed E-state index contributed by atoms with van der Waals surface area (Å²) in [4.78, 5) is 21.3. The molecule has 0 unspecified atom stereocenters. The van der Waals surface area contributed by atoms with Crippen molar-refractivity contribution < 1.29 is 14.7 Å². The topological polar surface area (TPSA) is 92.4 Å². The lowest BCUT2D eigenvalue weighted by atomic mass is 10.2. The minimum absolute atomic E-state index is 0.0965. The van der Waals surface area contributed by atoms with E-state index in [0.29, 0.717) is 5.69 Å². The molecule has 5 nitrogen and oxygen atoms in total. The molecule has 0 bridgehead atoms. The summed E-state index contributed by atoms with van der Waals surface area (Å²) in [5, 5.41) is 11.1. The van der Waals surface area contributed by atoms with Crippen molar-refractivity contribution in [3.63, 3.8) is 0 Å². The zero-order valence-electron chi connectivity index (χ0n) is 7.36. The summed E-state index contributed by atoms with van der Waals surface area (Å²) >= 11 is 0. The van der Waals surface area contributed by atoms with E-state index in [2.05, 4.69) is 5.32 Å². The number of benzene rings is 1. The van der Waals surface area contributed by atoms with E-state index in [-0.39, 0.29) is 18.0 Å². The first-order valence-electron chi connectivity index (χ1n) is 3.97. The van der Waals surface area contributed by atoms with Gasteiger partial charge in [0.15, 0.2) is 0 Å². The number of hydrogen-bond donors (Lipinski definition) is 3. The van der Waals surface area contributed by atoms with Crippen LogP contribution in [0.25, 0.3) is 0 Å². The molecule has 5 heteroatoms. The number of carbonyl (C=O) groups is 2. The Morgan fingerprint density at radius 3 is 2.29 bits per heavy atom. The molecular weight excluding hydrogens is 184 g/mol. The van der Waals surface area contributed by atoms with Gasteiger partial charge in [-0.15, -0.1) is 0 Å². The van der Waals surface area contributed by atoms with Crippen molar-refractivity contribution in [2.75, 3.05) is 11.9 Å². The number of amides is 1. The fourth-order valence-corrected chi connectivity index (χ4v) is 0.908. The van der Waals surface area contributed by atoms with Crippen molar-refractivity contribution >= 4 is 17.6 Å². The molecule has 0 aliphatic rings. The van der Waals surface area contributed by atoms with Crippen LogP contribution in [0.3, 0.4) is 0 Å². The highest BCUT2D eigenvalue weighted by Gasteiger charge is 2.02. The zero-order chi connectivity index (χ0) is 10.6. The number of aromatic carboxylic acids is 1. The molecule has 4 N–H and O–H groups in total. The van der Waals surface area contributed by atoms with E-state index < -0.39 is 5.97 Å². The highest BCUT2D eigenvalue weighted by atomic mass is 16.4. The number of rotatable bonds is 3. The molecule has 0 aliphatic heterocycles. The Kier molecular flexibility index (Phi) is 3.19. The number of anilines is 1. The first-order valence-corrected chi connectivity index (χ1v) is 3.97. The molecule has 1 aromatic carbocycles. The van der Waals surface area contributed by atoms with Crippen molar-refractivity contribution in [3.05, 3.63) is 29.8 Å². The number of carboxylic acids is 1. The van der Waals surface area contributed by atoms with Gasteiger partial charge in [0, 0.05) is 5.69 Å². The average Bonchev–Trinajstić information content (AvgIpc) is 2.18. The van der Waals surface area contributed by atoms with E-state index in [0.717, 1.165) is 0 Å². The Morgan fingerprint density at radius 2 is 1.86 bits per heavy atom. The Balaban J connectivity index is 2.73. The second-order valence-corrected chi connectivity index (χ2v) is 2.63. The first kappa shape index (κ1) is 10.2. The molecule has 0 radical (unpaired) electrons. The number of carbonyl (C=O) groups excluding carboxylic acids is 1. The minimum atomic E-state index is -0.998. The number of hydrogen-bond acceptors (Lipinski definition) is 3. The lowest BCUT2D eigenvalue weighted by Gasteiger charge is -2.02. The summed E-state index contributed by atoms with van der Waals surface area (Å²) in [5.74, 6) is -1.31. The van der Waals surface area contributed by atoms with Gasteiger partial charge < -0.3 is 16.2 Å². The maximum Gasteiger partial charge on any atom is 0.335 e. The van der Waals surface area contributed by atoms with Gasteiger partial charge in [-0.1, -0.05) is 0 Å². The molecule has 0 fully saturated rings. The molecule has 0 spiro atoms. The normalized spacial score (nSPS) is 9.50. The summed E-state index contributed by atoms with van der Waals surface area (Å²) in [7, 11) is 0. The fraction of sp³-hybridized carbons (Fsp3) is 0.111. The predicted octanol–water partition coefficient (Wildman–Crippen LogP) is 0.282. The second-order valence-electron chi connectivity index (χ2n) is 2.63. The molecule has 1 amide bonds. The molecule has 1 aromatic rings. The first-order chi connectivity index (χ1) is 6.63. The van der Waals surface area contributed by atoms with Gasteiger partial charge in [0.1, 0.15) is 0 Å². The summed E-state index contributed by atoms with van der Waals surface area (Å²) in [5.41, 5.74) is 5.80. The highest BCUT2D eigenvalue weighted by Crippen LogP contribution is 2.08. The molecule has 0 saturated heterocycles. The van der Waals surface area contributed by atoms with Crippen LogP contribution in [-0.4, -0.2) is 23.5 Å². The lowest BCUT2D eigenvalue weighted by Crippen LogP contribution is -2.21.